The Morgan fingerprint density at radius 1 is 1.27 bits per heavy atom. The minimum Gasteiger partial charge on any atom is -0.318 e. The highest BCUT2D eigenvalue weighted by atomic mass is 33.1. The summed E-state index contributed by atoms with van der Waals surface area (Å²) in [4.78, 5) is 4.16. The number of fused-ring (bicyclic) bond motifs is 2. The number of nitrogens with zero attached hydrogens (tertiary/aromatic N) is 3. The van der Waals surface area contributed by atoms with Gasteiger partial charge in [0, 0.05) is 19.0 Å². The van der Waals surface area contributed by atoms with E-state index in [-0.39, 0.29) is 0 Å². The van der Waals surface area contributed by atoms with Crippen molar-refractivity contribution in [3.63, 3.8) is 0 Å². The van der Waals surface area contributed by atoms with E-state index < -0.39 is 0 Å². The summed E-state index contributed by atoms with van der Waals surface area (Å²) in [5, 5.41) is 8.93. The molecule has 0 aromatic carbocycles. The minimum absolute atomic E-state index is 0.854. The Kier molecular flexibility index (Phi) is 4.26. The molecule has 1 aliphatic rings. The van der Waals surface area contributed by atoms with E-state index in [1.807, 2.05) is 0 Å². The van der Waals surface area contributed by atoms with Gasteiger partial charge in [-0.15, -0.1) is 10.2 Å². The van der Waals surface area contributed by atoms with Crippen molar-refractivity contribution < 1.29 is 0 Å². The SMILES string of the molecule is C=C1NSc2nnc(s2)SSC(=NC)S1. The van der Waals surface area contributed by atoms with Crippen LogP contribution in [0.2, 0.25) is 0 Å². The zero-order valence-electron chi connectivity index (χ0n) is 7.59. The van der Waals surface area contributed by atoms with Crippen molar-refractivity contribution in [2.24, 2.45) is 4.99 Å². The summed E-state index contributed by atoms with van der Waals surface area (Å²) in [6.07, 6.45) is 0. The van der Waals surface area contributed by atoms with Crippen molar-refractivity contribution in [2.45, 2.75) is 8.68 Å². The lowest BCUT2D eigenvalue weighted by Crippen LogP contribution is -2.00. The fourth-order valence-electron chi connectivity index (χ4n) is 0.670. The van der Waals surface area contributed by atoms with Crippen LogP contribution in [0.25, 0.3) is 0 Å². The van der Waals surface area contributed by atoms with Gasteiger partial charge in [-0.25, -0.2) is 0 Å². The zero-order chi connectivity index (χ0) is 10.7. The molecule has 0 atom stereocenters. The normalized spacial score (nSPS) is 20.1. The van der Waals surface area contributed by atoms with Gasteiger partial charge in [-0.2, -0.15) is 0 Å². The standard InChI is InChI=1S/C6H6N4S5/c1-3-10-13-5-8-9-6(12-5)15-14-4(7-2)11-3/h10H,1H2,2H3. The minimum atomic E-state index is 0.854. The van der Waals surface area contributed by atoms with Crippen LogP contribution in [-0.4, -0.2) is 21.6 Å². The van der Waals surface area contributed by atoms with E-state index in [1.165, 1.54) is 23.7 Å². The molecule has 0 amide bonds. The number of nitrogens with one attached hydrogen (secondary N) is 1. The van der Waals surface area contributed by atoms with Crippen LogP contribution >= 0.6 is 56.6 Å². The summed E-state index contributed by atoms with van der Waals surface area (Å²) in [6, 6.07) is 0. The van der Waals surface area contributed by atoms with Gasteiger partial charge in [-0.1, -0.05) is 17.9 Å². The van der Waals surface area contributed by atoms with E-state index in [4.69, 9.17) is 0 Å². The van der Waals surface area contributed by atoms with Crippen molar-refractivity contribution in [2.75, 3.05) is 7.05 Å². The van der Waals surface area contributed by atoms with Gasteiger partial charge in [0.25, 0.3) is 0 Å². The highest BCUT2D eigenvalue weighted by molar-refractivity contribution is 8.86. The lowest BCUT2D eigenvalue weighted by molar-refractivity contribution is 0.955. The summed E-state index contributed by atoms with van der Waals surface area (Å²) in [7, 11) is 4.93. The average Bonchev–Trinajstić information content (AvgIpc) is 2.68. The molecule has 2 heterocycles. The molecule has 9 heteroatoms. The smallest absolute Gasteiger partial charge is 0.195 e. The van der Waals surface area contributed by atoms with Crippen molar-refractivity contribution in [3.05, 3.63) is 11.6 Å². The van der Waals surface area contributed by atoms with Crippen molar-refractivity contribution in [1.82, 2.24) is 14.9 Å². The molecule has 1 aliphatic heterocycles. The van der Waals surface area contributed by atoms with E-state index in [9.17, 15) is 0 Å². The van der Waals surface area contributed by atoms with Crippen LogP contribution < -0.4 is 4.72 Å². The Morgan fingerprint density at radius 2 is 2.07 bits per heavy atom. The molecule has 1 aromatic rings. The quantitative estimate of drug-likeness (QED) is 0.583. The van der Waals surface area contributed by atoms with Crippen LogP contribution in [0.1, 0.15) is 0 Å². The van der Waals surface area contributed by atoms with Crippen LogP contribution in [0.3, 0.4) is 0 Å². The molecule has 1 N–H and O–H groups in total. The number of hydrogen-bond acceptors (Lipinski definition) is 9. The molecule has 15 heavy (non-hydrogen) atoms. The number of aromatic nitrogens is 2. The van der Waals surface area contributed by atoms with Gasteiger partial charge < -0.3 is 4.72 Å². The summed E-state index contributed by atoms with van der Waals surface area (Å²) in [5.41, 5.74) is 0. The molecule has 2 bridgehead atoms. The molecular formula is C6H6N4S5. The van der Waals surface area contributed by atoms with E-state index >= 15 is 0 Å². The molecule has 0 aliphatic carbocycles. The van der Waals surface area contributed by atoms with Crippen LogP contribution in [-0.2, 0) is 0 Å². The number of rotatable bonds is 0. The third kappa shape index (κ3) is 3.31. The average molecular weight is 294 g/mol. The fraction of sp³-hybridized carbons (Fsp3) is 0.167. The van der Waals surface area contributed by atoms with Gasteiger partial charge in [0.05, 0.1) is 5.03 Å². The number of thioether (sulfide) groups is 1. The topological polar surface area (TPSA) is 50.2 Å². The molecule has 80 valence electrons. The third-order valence-corrected chi connectivity index (χ3v) is 7.13. The second-order valence-corrected chi connectivity index (χ2v) is 7.96. The van der Waals surface area contributed by atoms with Gasteiger partial charge in [0.15, 0.2) is 8.68 Å². The summed E-state index contributed by atoms with van der Waals surface area (Å²) in [5.74, 6) is 0. The Morgan fingerprint density at radius 3 is 2.87 bits per heavy atom. The molecule has 1 aromatic heterocycles. The van der Waals surface area contributed by atoms with Crippen molar-refractivity contribution >= 4 is 61.0 Å². The summed E-state index contributed by atoms with van der Waals surface area (Å²) in [6.45, 7) is 3.89. The molecule has 0 radical (unpaired) electrons. The highest BCUT2D eigenvalue weighted by Crippen LogP contribution is 2.41. The maximum Gasteiger partial charge on any atom is 0.195 e. The lowest BCUT2D eigenvalue weighted by Gasteiger charge is -2.07. The second kappa shape index (κ2) is 5.48. The van der Waals surface area contributed by atoms with Gasteiger partial charge in [-0.3, -0.25) is 4.99 Å². The Bertz CT molecular complexity index is 400. The van der Waals surface area contributed by atoms with Gasteiger partial charge in [0.2, 0.25) is 0 Å². The first kappa shape index (κ1) is 11.6. The van der Waals surface area contributed by atoms with E-state index in [0.717, 1.165) is 18.1 Å². The molecular weight excluding hydrogens is 288 g/mol. The fourth-order valence-corrected chi connectivity index (χ4v) is 5.62. The van der Waals surface area contributed by atoms with E-state index in [2.05, 4.69) is 26.5 Å². The van der Waals surface area contributed by atoms with Crippen LogP contribution in [0, 0.1) is 0 Å². The Balaban J connectivity index is 2.18. The second-order valence-electron chi connectivity index (χ2n) is 2.22. The van der Waals surface area contributed by atoms with Crippen LogP contribution in [0.5, 0.6) is 0 Å². The van der Waals surface area contributed by atoms with Crippen LogP contribution in [0.4, 0.5) is 0 Å². The maximum absolute atomic E-state index is 4.16. The molecule has 0 fully saturated rings. The molecule has 0 unspecified atom stereocenters. The predicted octanol–water partition coefficient (Wildman–Crippen LogP) is 3.08. The molecule has 0 spiro atoms. The molecule has 4 nitrogen and oxygen atoms in total. The van der Waals surface area contributed by atoms with Crippen molar-refractivity contribution in [1.29, 1.82) is 0 Å². The monoisotopic (exact) mass is 294 g/mol. The number of aliphatic imine (C=N–C) groups is 1. The first-order valence-electron chi connectivity index (χ1n) is 3.72. The third-order valence-electron chi connectivity index (χ3n) is 1.22. The van der Waals surface area contributed by atoms with Gasteiger partial charge in [0.1, 0.15) is 4.38 Å². The van der Waals surface area contributed by atoms with Gasteiger partial charge >= 0.3 is 0 Å². The Hall–Kier alpha value is 0.170. The number of hydrogen-bond donors (Lipinski definition) is 1. The molecule has 2 rings (SSSR count). The predicted molar refractivity (Wildman–Crippen MR) is 72.4 cm³/mol. The molecule has 0 saturated heterocycles. The zero-order valence-corrected chi connectivity index (χ0v) is 11.7. The van der Waals surface area contributed by atoms with Gasteiger partial charge in [-0.05, 0) is 33.3 Å². The van der Waals surface area contributed by atoms with Crippen molar-refractivity contribution in [3.8, 4) is 0 Å². The van der Waals surface area contributed by atoms with E-state index in [0.29, 0.717) is 0 Å². The lowest BCUT2D eigenvalue weighted by atomic mass is 11.1. The molecule has 0 saturated carbocycles. The first-order chi connectivity index (χ1) is 7.28. The summed E-state index contributed by atoms with van der Waals surface area (Å²) >= 11 is 4.51. The Labute approximate surface area is 108 Å². The highest BCUT2D eigenvalue weighted by Gasteiger charge is 2.13. The maximum atomic E-state index is 4.16. The van der Waals surface area contributed by atoms with Crippen LogP contribution in [0.15, 0.2) is 25.3 Å². The first-order valence-corrected chi connectivity index (χ1v) is 8.32. The largest absolute Gasteiger partial charge is 0.318 e. The van der Waals surface area contributed by atoms with E-state index in [1.54, 1.807) is 40.0 Å². The summed E-state index contributed by atoms with van der Waals surface area (Å²) < 4.78 is 5.90.